The molecule has 0 radical (unpaired) electrons. The fourth-order valence-corrected chi connectivity index (χ4v) is 10.2. The normalized spacial score (nSPS) is 21.5. The van der Waals surface area contributed by atoms with Crippen molar-refractivity contribution >= 4 is 69.3 Å². The fourth-order valence-electron chi connectivity index (χ4n) is 10.0. The summed E-state index contributed by atoms with van der Waals surface area (Å²) in [4.78, 5) is 80.9. The standard InChI is InChI=1S/C45H53ClN10O7/c1-26(2)55-32-8-7-29(19-28(32)20-35(42(55)61)63-23-37(58)47-3)49-39-31(46)21-48-44(51-39)54-24-45(25-54)13-17-52(18-14-45)22-27-11-15-53(16-12-27)33-6-4-5-30-38(33)43(62)56(41(30)60)34-9-10-36(57)50-40(34)59/h4-8,19-21,26-27,34,41,60H,9-18,22-25H2,1-3H3,(H,47,58)(H,48,49,51)(H,50,57,59). The fraction of sp³-hybridized carbons (Fsp3) is 0.489. The van der Waals surface area contributed by atoms with Crippen molar-refractivity contribution in [1.29, 1.82) is 0 Å². The summed E-state index contributed by atoms with van der Waals surface area (Å²) >= 11 is 6.62. The first kappa shape index (κ1) is 42.5. The molecule has 17 nitrogen and oxygen atoms in total. The number of nitrogens with one attached hydrogen (secondary N) is 3. The van der Waals surface area contributed by atoms with E-state index < -0.39 is 18.2 Å². The lowest BCUT2D eigenvalue weighted by atomic mass is 9.72. The number of fused-ring (bicyclic) bond motifs is 2. The van der Waals surface area contributed by atoms with Gasteiger partial charge in [-0.25, -0.2) is 4.98 Å². The van der Waals surface area contributed by atoms with E-state index in [-0.39, 0.29) is 59.9 Å². The number of rotatable bonds is 11. The van der Waals surface area contributed by atoms with E-state index in [4.69, 9.17) is 21.3 Å². The number of pyridine rings is 1. The van der Waals surface area contributed by atoms with Crippen LogP contribution in [0.1, 0.15) is 80.6 Å². The minimum absolute atomic E-state index is 0.0926. The van der Waals surface area contributed by atoms with Crippen molar-refractivity contribution in [2.24, 2.45) is 11.3 Å². The number of benzene rings is 2. The SMILES string of the molecule is CNC(=O)COc1cc2cc(Nc3nc(N4CC5(CCN(CC6CCN(c7cccc8c7C(=O)N(C7CCC(=O)NC7=O)C8O)CC6)CC5)C4)ncc3Cl)ccc2n(C(C)C)c1=O. The van der Waals surface area contributed by atoms with E-state index in [9.17, 15) is 29.1 Å². The number of piperidine rings is 3. The smallest absolute Gasteiger partial charge is 0.293 e. The van der Waals surface area contributed by atoms with Gasteiger partial charge in [-0.1, -0.05) is 23.7 Å². The summed E-state index contributed by atoms with van der Waals surface area (Å²) in [5.74, 6) is 0.108. The van der Waals surface area contributed by atoms with Crippen molar-refractivity contribution in [3.05, 3.63) is 75.2 Å². The number of likely N-dealkylation sites (N-methyl/N-ethyl adjacent to an activating group) is 1. The quantitative estimate of drug-likeness (QED) is 0.158. The number of carbonyl (C=O) groups excluding carboxylic acids is 4. The second kappa shape index (κ2) is 17.1. The number of carbonyl (C=O) groups is 4. The molecule has 2 aromatic heterocycles. The summed E-state index contributed by atoms with van der Waals surface area (Å²) in [5.41, 5.74) is 3.11. The number of likely N-dealkylation sites (tertiary alicyclic amines) is 1. The van der Waals surface area contributed by atoms with E-state index in [1.807, 2.05) is 44.2 Å². The summed E-state index contributed by atoms with van der Waals surface area (Å²) in [6.07, 6.45) is 4.88. The summed E-state index contributed by atoms with van der Waals surface area (Å²) in [6.45, 7) is 10.0. The van der Waals surface area contributed by atoms with Gasteiger partial charge in [-0.05, 0) is 95.3 Å². The predicted octanol–water partition coefficient (Wildman–Crippen LogP) is 3.96. The number of nitrogens with zero attached hydrogens (tertiary/aromatic N) is 7. The average molecular weight is 881 g/mol. The molecule has 4 aromatic rings. The zero-order valence-electron chi connectivity index (χ0n) is 35.7. The highest BCUT2D eigenvalue weighted by molar-refractivity contribution is 6.33. The molecule has 9 rings (SSSR count). The molecular formula is C45H53ClN10O7. The van der Waals surface area contributed by atoms with Crippen LogP contribution in [0.5, 0.6) is 5.75 Å². The molecule has 0 saturated carbocycles. The van der Waals surface area contributed by atoms with Gasteiger partial charge in [0.1, 0.15) is 11.1 Å². The second-order valence-corrected chi connectivity index (χ2v) is 18.3. The number of hydrogen-bond donors (Lipinski definition) is 4. The Hall–Kier alpha value is -5.78. The molecule has 2 aromatic carbocycles. The first-order valence-corrected chi connectivity index (χ1v) is 22.2. The van der Waals surface area contributed by atoms with Gasteiger partial charge in [0.2, 0.25) is 17.8 Å². The Morgan fingerprint density at radius 3 is 2.49 bits per heavy atom. The molecule has 4 N–H and O–H groups in total. The largest absolute Gasteiger partial charge is 0.478 e. The average Bonchev–Trinajstić information content (AvgIpc) is 3.51. The van der Waals surface area contributed by atoms with Crippen LogP contribution < -0.4 is 36.0 Å². The van der Waals surface area contributed by atoms with Crippen LogP contribution in [0, 0.1) is 11.3 Å². The molecule has 332 valence electrons. The van der Waals surface area contributed by atoms with Gasteiger partial charge in [-0.2, -0.15) is 4.98 Å². The van der Waals surface area contributed by atoms with E-state index in [1.54, 1.807) is 22.9 Å². The second-order valence-electron chi connectivity index (χ2n) is 17.9. The van der Waals surface area contributed by atoms with Crippen LogP contribution in [0.4, 0.5) is 23.1 Å². The highest BCUT2D eigenvalue weighted by Crippen LogP contribution is 2.44. The van der Waals surface area contributed by atoms with Crippen LogP contribution in [-0.2, 0) is 14.4 Å². The number of anilines is 4. The van der Waals surface area contributed by atoms with Crippen LogP contribution in [0.15, 0.2) is 53.5 Å². The Morgan fingerprint density at radius 1 is 1.02 bits per heavy atom. The molecule has 4 saturated heterocycles. The number of aromatic nitrogens is 3. The van der Waals surface area contributed by atoms with E-state index in [1.165, 1.54) is 11.9 Å². The first-order chi connectivity index (χ1) is 30.3. The molecule has 2 unspecified atom stereocenters. The van der Waals surface area contributed by atoms with Gasteiger partial charge in [-0.15, -0.1) is 0 Å². The number of amides is 4. The van der Waals surface area contributed by atoms with Crippen molar-refractivity contribution in [2.75, 3.05) is 74.6 Å². The molecule has 2 atom stereocenters. The zero-order valence-corrected chi connectivity index (χ0v) is 36.5. The van der Waals surface area contributed by atoms with Gasteiger partial charge in [0.05, 0.1) is 17.3 Å². The van der Waals surface area contributed by atoms with E-state index in [0.717, 1.165) is 93.8 Å². The number of aliphatic hydroxyl groups is 1. The van der Waals surface area contributed by atoms with Gasteiger partial charge in [-0.3, -0.25) is 34.2 Å². The summed E-state index contributed by atoms with van der Waals surface area (Å²) < 4.78 is 7.27. The zero-order chi connectivity index (χ0) is 44.2. The van der Waals surface area contributed by atoms with Crippen LogP contribution in [0.25, 0.3) is 10.9 Å². The molecule has 4 fully saturated rings. The monoisotopic (exact) mass is 880 g/mol. The Bertz CT molecular complexity index is 2530. The van der Waals surface area contributed by atoms with E-state index in [0.29, 0.717) is 33.8 Å². The number of aliphatic hydroxyl groups excluding tert-OH is 1. The Morgan fingerprint density at radius 2 is 1.78 bits per heavy atom. The molecule has 5 aliphatic rings. The molecule has 0 bridgehead atoms. The number of imide groups is 1. The van der Waals surface area contributed by atoms with Crippen molar-refractivity contribution < 1.29 is 29.0 Å². The minimum atomic E-state index is -1.23. The summed E-state index contributed by atoms with van der Waals surface area (Å²) in [5, 5.41) is 20.5. The van der Waals surface area contributed by atoms with Crippen molar-refractivity contribution in [3.63, 3.8) is 0 Å². The first-order valence-electron chi connectivity index (χ1n) is 21.8. The van der Waals surface area contributed by atoms with Crippen molar-refractivity contribution in [3.8, 4) is 5.75 Å². The maximum atomic E-state index is 13.7. The molecule has 63 heavy (non-hydrogen) atoms. The lowest BCUT2D eigenvalue weighted by Gasteiger charge is -2.54. The van der Waals surface area contributed by atoms with E-state index in [2.05, 4.69) is 35.6 Å². The van der Waals surface area contributed by atoms with Gasteiger partial charge < -0.3 is 39.7 Å². The van der Waals surface area contributed by atoms with Gasteiger partial charge in [0.25, 0.3) is 17.4 Å². The number of halogens is 1. The molecule has 1 spiro atoms. The topological polar surface area (TPSA) is 195 Å². The van der Waals surface area contributed by atoms with Crippen LogP contribution in [0.2, 0.25) is 5.02 Å². The molecule has 18 heteroatoms. The Labute approximate surface area is 369 Å². The Kier molecular flexibility index (Phi) is 11.5. The third-order valence-corrected chi connectivity index (χ3v) is 13.8. The molecule has 7 heterocycles. The number of ether oxygens (including phenoxy) is 1. The summed E-state index contributed by atoms with van der Waals surface area (Å²) in [6, 6.07) is 11.8. The lowest BCUT2D eigenvalue weighted by Crippen LogP contribution is -2.61. The minimum Gasteiger partial charge on any atom is -0.478 e. The molecule has 4 amide bonds. The molecular weight excluding hydrogens is 828 g/mol. The summed E-state index contributed by atoms with van der Waals surface area (Å²) in [7, 11) is 1.51. The third kappa shape index (κ3) is 8.17. The van der Waals surface area contributed by atoms with Gasteiger partial charge >= 0.3 is 0 Å². The van der Waals surface area contributed by atoms with Gasteiger partial charge in [0, 0.05) is 80.0 Å². The van der Waals surface area contributed by atoms with Crippen LogP contribution in [-0.4, -0.2) is 119 Å². The maximum Gasteiger partial charge on any atom is 0.293 e. The number of hydrogen-bond acceptors (Lipinski definition) is 13. The van der Waals surface area contributed by atoms with Crippen molar-refractivity contribution in [2.45, 2.75) is 70.7 Å². The van der Waals surface area contributed by atoms with E-state index >= 15 is 0 Å². The highest BCUT2D eigenvalue weighted by Gasteiger charge is 2.47. The third-order valence-electron chi connectivity index (χ3n) is 13.5. The van der Waals surface area contributed by atoms with Gasteiger partial charge in [0.15, 0.2) is 24.4 Å². The maximum absolute atomic E-state index is 13.7. The van der Waals surface area contributed by atoms with Crippen LogP contribution in [0.3, 0.4) is 0 Å². The Balaban J connectivity index is 0.778. The predicted molar refractivity (Wildman–Crippen MR) is 237 cm³/mol. The molecule has 5 aliphatic heterocycles. The molecule has 0 aliphatic carbocycles. The van der Waals surface area contributed by atoms with Crippen LogP contribution >= 0.6 is 11.6 Å². The highest BCUT2D eigenvalue weighted by atomic mass is 35.5. The lowest BCUT2D eigenvalue weighted by molar-refractivity contribution is -0.139. The van der Waals surface area contributed by atoms with Crippen molar-refractivity contribution in [1.82, 2.24) is 35.0 Å².